The Hall–Kier alpha value is -0.480. The second kappa shape index (κ2) is 4.67. The first-order valence-corrected chi connectivity index (χ1v) is 5.46. The Bertz CT molecular complexity index is 186. The van der Waals surface area contributed by atoms with Crippen molar-refractivity contribution in [3.8, 4) is 12.3 Å². The summed E-state index contributed by atoms with van der Waals surface area (Å²) in [5.74, 6) is 2.78. The minimum Gasteiger partial charge on any atom is -0.303 e. The average molecular weight is 179 g/mol. The van der Waals surface area contributed by atoms with Crippen LogP contribution in [-0.2, 0) is 0 Å². The third-order valence-electron chi connectivity index (χ3n) is 3.07. The molecule has 0 radical (unpaired) electrons. The van der Waals surface area contributed by atoms with Crippen molar-refractivity contribution in [2.75, 3.05) is 6.54 Å². The number of nitrogens with one attached hydrogen (secondary N) is 1. The fourth-order valence-electron chi connectivity index (χ4n) is 1.88. The molecule has 0 saturated heterocycles. The molecule has 1 nitrogen and oxygen atoms in total. The molecule has 1 rings (SSSR count). The van der Waals surface area contributed by atoms with Crippen molar-refractivity contribution in [2.45, 2.75) is 52.0 Å². The first kappa shape index (κ1) is 10.6. The largest absolute Gasteiger partial charge is 0.303 e. The van der Waals surface area contributed by atoms with Crippen LogP contribution in [0.5, 0.6) is 0 Å². The molecule has 1 fully saturated rings. The summed E-state index contributed by atoms with van der Waals surface area (Å²) < 4.78 is 0. The van der Waals surface area contributed by atoms with Crippen LogP contribution >= 0.6 is 0 Å². The zero-order valence-electron chi connectivity index (χ0n) is 8.90. The van der Waals surface area contributed by atoms with E-state index in [-0.39, 0.29) is 6.04 Å². The van der Waals surface area contributed by atoms with E-state index < -0.39 is 0 Å². The lowest BCUT2D eigenvalue weighted by Gasteiger charge is -2.17. The topological polar surface area (TPSA) is 12.0 Å². The van der Waals surface area contributed by atoms with Crippen LogP contribution < -0.4 is 5.32 Å². The molecule has 1 aliphatic rings. The van der Waals surface area contributed by atoms with Crippen LogP contribution in [0, 0.1) is 17.8 Å². The van der Waals surface area contributed by atoms with Gasteiger partial charge < -0.3 is 5.32 Å². The van der Waals surface area contributed by atoms with Gasteiger partial charge in [-0.1, -0.05) is 26.2 Å². The molecule has 1 heteroatoms. The highest BCUT2D eigenvalue weighted by atomic mass is 14.9. The van der Waals surface area contributed by atoms with Crippen molar-refractivity contribution < 1.29 is 0 Å². The molecule has 1 saturated carbocycles. The summed E-state index contributed by atoms with van der Waals surface area (Å²) in [7, 11) is 0. The van der Waals surface area contributed by atoms with E-state index in [1.54, 1.807) is 0 Å². The number of rotatable bonds is 6. The van der Waals surface area contributed by atoms with Gasteiger partial charge in [0.25, 0.3) is 0 Å². The molecule has 0 aliphatic heterocycles. The van der Waals surface area contributed by atoms with Gasteiger partial charge in [0.2, 0.25) is 0 Å². The first-order chi connectivity index (χ1) is 6.26. The number of hydrogen-bond donors (Lipinski definition) is 1. The quantitative estimate of drug-likeness (QED) is 0.618. The van der Waals surface area contributed by atoms with Gasteiger partial charge in [-0.2, -0.15) is 0 Å². The highest BCUT2D eigenvalue weighted by molar-refractivity contribution is 5.01. The molecule has 1 unspecified atom stereocenters. The summed E-state index contributed by atoms with van der Waals surface area (Å²) in [5, 5.41) is 3.47. The standard InChI is InChI=1S/C12H21N/c1-4-7-12(8-9-12)10-13-11(5-2)6-3/h2,11,13H,4,6-10H2,1,3H3. The number of hydrogen-bond acceptors (Lipinski definition) is 1. The lowest BCUT2D eigenvalue weighted by molar-refractivity contribution is 0.405. The molecule has 1 atom stereocenters. The molecule has 0 aromatic carbocycles. The summed E-state index contributed by atoms with van der Waals surface area (Å²) in [6.07, 6.45) is 11.9. The van der Waals surface area contributed by atoms with E-state index in [9.17, 15) is 0 Å². The Kier molecular flexibility index (Phi) is 3.81. The van der Waals surface area contributed by atoms with Gasteiger partial charge in [0.1, 0.15) is 0 Å². The van der Waals surface area contributed by atoms with Crippen LogP contribution in [0.3, 0.4) is 0 Å². The maximum Gasteiger partial charge on any atom is 0.0684 e. The first-order valence-electron chi connectivity index (χ1n) is 5.46. The Morgan fingerprint density at radius 2 is 2.15 bits per heavy atom. The zero-order chi connectivity index (χ0) is 9.73. The zero-order valence-corrected chi connectivity index (χ0v) is 8.90. The SMILES string of the molecule is C#CC(CC)NCC1(CCC)CC1. The van der Waals surface area contributed by atoms with Crippen LogP contribution in [0.15, 0.2) is 0 Å². The van der Waals surface area contributed by atoms with Gasteiger partial charge in [0.15, 0.2) is 0 Å². The highest BCUT2D eigenvalue weighted by Crippen LogP contribution is 2.48. The lowest BCUT2D eigenvalue weighted by Crippen LogP contribution is -2.32. The van der Waals surface area contributed by atoms with Gasteiger partial charge in [0, 0.05) is 6.54 Å². The van der Waals surface area contributed by atoms with Gasteiger partial charge in [0.05, 0.1) is 6.04 Å². The Morgan fingerprint density at radius 3 is 2.54 bits per heavy atom. The summed E-state index contributed by atoms with van der Waals surface area (Å²) in [5.41, 5.74) is 0.624. The molecule has 0 aromatic rings. The van der Waals surface area contributed by atoms with Crippen molar-refractivity contribution in [3.05, 3.63) is 0 Å². The van der Waals surface area contributed by atoms with E-state index >= 15 is 0 Å². The molecular formula is C12H21N. The maximum absolute atomic E-state index is 5.39. The van der Waals surface area contributed by atoms with Crippen LogP contribution in [0.2, 0.25) is 0 Å². The third-order valence-corrected chi connectivity index (χ3v) is 3.07. The third kappa shape index (κ3) is 3.04. The van der Waals surface area contributed by atoms with Gasteiger partial charge in [-0.15, -0.1) is 6.42 Å². The van der Waals surface area contributed by atoms with Gasteiger partial charge >= 0.3 is 0 Å². The number of terminal acetylenes is 1. The van der Waals surface area contributed by atoms with Gasteiger partial charge in [-0.3, -0.25) is 0 Å². The summed E-state index contributed by atoms with van der Waals surface area (Å²) in [6, 6.07) is 0.286. The Balaban J connectivity index is 2.22. The predicted octanol–water partition coefficient (Wildman–Crippen LogP) is 2.57. The van der Waals surface area contributed by atoms with Gasteiger partial charge in [-0.05, 0) is 31.1 Å². The second-order valence-corrected chi connectivity index (χ2v) is 4.26. The normalized spacial score (nSPS) is 20.7. The van der Waals surface area contributed by atoms with Crippen molar-refractivity contribution in [1.29, 1.82) is 0 Å². The van der Waals surface area contributed by atoms with E-state index in [0.717, 1.165) is 13.0 Å². The molecule has 1 N–H and O–H groups in total. The second-order valence-electron chi connectivity index (χ2n) is 4.26. The van der Waals surface area contributed by atoms with Gasteiger partial charge in [-0.25, -0.2) is 0 Å². The maximum atomic E-state index is 5.39. The van der Waals surface area contributed by atoms with Crippen molar-refractivity contribution in [3.63, 3.8) is 0 Å². The van der Waals surface area contributed by atoms with Crippen molar-refractivity contribution in [1.82, 2.24) is 5.32 Å². The minimum absolute atomic E-state index is 0.286. The van der Waals surface area contributed by atoms with E-state index in [2.05, 4.69) is 25.1 Å². The average Bonchev–Trinajstić information content (AvgIpc) is 2.88. The van der Waals surface area contributed by atoms with E-state index in [1.165, 1.54) is 25.7 Å². The molecule has 13 heavy (non-hydrogen) atoms. The molecule has 74 valence electrons. The van der Waals surface area contributed by atoms with E-state index in [0.29, 0.717) is 5.41 Å². The predicted molar refractivity (Wildman–Crippen MR) is 57.5 cm³/mol. The fraction of sp³-hybridized carbons (Fsp3) is 0.833. The minimum atomic E-state index is 0.286. The summed E-state index contributed by atoms with van der Waals surface area (Å²) in [4.78, 5) is 0. The molecular weight excluding hydrogens is 158 g/mol. The lowest BCUT2D eigenvalue weighted by atomic mass is 10.0. The van der Waals surface area contributed by atoms with Crippen molar-refractivity contribution in [2.24, 2.45) is 5.41 Å². The summed E-state index contributed by atoms with van der Waals surface area (Å²) in [6.45, 7) is 5.53. The molecule has 0 aromatic heterocycles. The molecule has 1 aliphatic carbocycles. The van der Waals surface area contributed by atoms with Crippen LogP contribution in [0.4, 0.5) is 0 Å². The molecule has 0 amide bonds. The Labute approximate surface area is 82.3 Å². The summed E-state index contributed by atoms with van der Waals surface area (Å²) >= 11 is 0. The van der Waals surface area contributed by atoms with Crippen LogP contribution in [0.25, 0.3) is 0 Å². The molecule has 0 bridgehead atoms. The monoisotopic (exact) mass is 179 g/mol. The fourth-order valence-corrected chi connectivity index (χ4v) is 1.88. The molecule has 0 heterocycles. The molecule has 0 spiro atoms. The highest BCUT2D eigenvalue weighted by Gasteiger charge is 2.41. The van der Waals surface area contributed by atoms with Crippen molar-refractivity contribution >= 4 is 0 Å². The Morgan fingerprint density at radius 1 is 1.46 bits per heavy atom. The van der Waals surface area contributed by atoms with Crippen LogP contribution in [-0.4, -0.2) is 12.6 Å². The van der Waals surface area contributed by atoms with Crippen LogP contribution in [0.1, 0.15) is 46.0 Å². The smallest absolute Gasteiger partial charge is 0.0684 e. The van der Waals surface area contributed by atoms with E-state index in [4.69, 9.17) is 6.42 Å². The van der Waals surface area contributed by atoms with E-state index in [1.807, 2.05) is 0 Å².